The summed E-state index contributed by atoms with van der Waals surface area (Å²) in [5.74, 6) is -1.55. The van der Waals surface area contributed by atoms with Crippen LogP contribution in [0.5, 0.6) is 0 Å². The summed E-state index contributed by atoms with van der Waals surface area (Å²) in [5, 5.41) is 0. The minimum Gasteiger partial charge on any atom is -0.466 e. The molecule has 0 unspecified atom stereocenters. The zero-order valence-electron chi connectivity index (χ0n) is 15.2. The first kappa shape index (κ1) is 18.9. The third-order valence-electron chi connectivity index (χ3n) is 4.12. The lowest BCUT2D eigenvalue weighted by Gasteiger charge is -2.31. The van der Waals surface area contributed by atoms with Crippen LogP contribution in [-0.4, -0.2) is 29.9 Å². The lowest BCUT2D eigenvalue weighted by molar-refractivity contribution is -0.162. The number of hydrogen-bond donors (Lipinski definition) is 0. The Kier molecular flexibility index (Phi) is 5.16. The van der Waals surface area contributed by atoms with Gasteiger partial charge >= 0.3 is 11.9 Å². The van der Waals surface area contributed by atoms with E-state index in [1.807, 2.05) is 6.07 Å². The number of Topliss-reactive ketones (excluding diaryl/α,β-unsaturated/α-hetero) is 1. The molecule has 0 aliphatic heterocycles. The molecule has 0 spiro atoms. The molecule has 0 heterocycles. The van der Waals surface area contributed by atoms with Gasteiger partial charge in [0.1, 0.15) is 5.60 Å². The van der Waals surface area contributed by atoms with Gasteiger partial charge in [-0.1, -0.05) is 30.8 Å². The summed E-state index contributed by atoms with van der Waals surface area (Å²) in [6.45, 7) is 11.0. The van der Waals surface area contributed by atoms with Gasteiger partial charge in [0.15, 0.2) is 11.2 Å². The molecule has 0 saturated heterocycles. The highest BCUT2D eigenvalue weighted by atomic mass is 16.6. The average molecular weight is 344 g/mol. The number of carbonyl (C=O) groups excluding carboxylic acids is 3. The van der Waals surface area contributed by atoms with Crippen LogP contribution in [0.1, 0.15) is 50.0 Å². The second kappa shape index (κ2) is 6.82. The Hall–Kier alpha value is -2.43. The van der Waals surface area contributed by atoms with Crippen molar-refractivity contribution < 1.29 is 23.9 Å². The summed E-state index contributed by atoms with van der Waals surface area (Å²) in [7, 11) is 0. The van der Waals surface area contributed by atoms with Gasteiger partial charge in [-0.2, -0.15) is 0 Å². The van der Waals surface area contributed by atoms with Crippen LogP contribution < -0.4 is 0 Å². The van der Waals surface area contributed by atoms with E-state index in [-0.39, 0.29) is 30.8 Å². The van der Waals surface area contributed by atoms with Gasteiger partial charge in [0.2, 0.25) is 0 Å². The molecule has 0 amide bonds. The van der Waals surface area contributed by atoms with Gasteiger partial charge in [-0.15, -0.1) is 0 Å². The van der Waals surface area contributed by atoms with Crippen LogP contribution in [0.3, 0.4) is 0 Å². The van der Waals surface area contributed by atoms with Crippen LogP contribution in [0.15, 0.2) is 36.4 Å². The molecule has 0 radical (unpaired) electrons. The zero-order chi connectivity index (χ0) is 18.8. The van der Waals surface area contributed by atoms with Crippen molar-refractivity contribution in [2.24, 2.45) is 5.41 Å². The Balaban J connectivity index is 2.44. The fourth-order valence-electron chi connectivity index (χ4n) is 2.99. The summed E-state index contributed by atoms with van der Waals surface area (Å²) in [6.07, 6.45) is -0.0536. The lowest BCUT2D eigenvalue weighted by Crippen LogP contribution is -2.44. The molecule has 1 atom stereocenters. The maximum atomic E-state index is 13.1. The second-order valence-corrected chi connectivity index (χ2v) is 7.16. The van der Waals surface area contributed by atoms with Gasteiger partial charge in [0.25, 0.3) is 0 Å². The first-order chi connectivity index (χ1) is 11.6. The van der Waals surface area contributed by atoms with Gasteiger partial charge in [-0.3, -0.25) is 14.4 Å². The van der Waals surface area contributed by atoms with Crippen LogP contribution in [0, 0.1) is 5.41 Å². The van der Waals surface area contributed by atoms with Crippen molar-refractivity contribution in [2.45, 2.75) is 46.1 Å². The van der Waals surface area contributed by atoms with Crippen LogP contribution in [0.2, 0.25) is 0 Å². The predicted molar refractivity (Wildman–Crippen MR) is 93.1 cm³/mol. The molecule has 2 rings (SSSR count). The van der Waals surface area contributed by atoms with Gasteiger partial charge in [-0.05, 0) is 38.8 Å². The van der Waals surface area contributed by atoms with Crippen LogP contribution in [0.4, 0.5) is 0 Å². The Morgan fingerprint density at radius 1 is 1.24 bits per heavy atom. The first-order valence-corrected chi connectivity index (χ1v) is 8.32. The van der Waals surface area contributed by atoms with Crippen molar-refractivity contribution in [3.63, 3.8) is 0 Å². The van der Waals surface area contributed by atoms with E-state index in [2.05, 4.69) is 6.58 Å². The molecule has 134 valence electrons. The second-order valence-electron chi connectivity index (χ2n) is 7.16. The molecule has 0 fully saturated rings. The van der Waals surface area contributed by atoms with Gasteiger partial charge < -0.3 is 9.47 Å². The number of rotatable bonds is 5. The predicted octanol–water partition coefficient (Wildman–Crippen LogP) is 3.26. The Labute approximate surface area is 148 Å². The number of hydrogen-bond acceptors (Lipinski definition) is 5. The largest absolute Gasteiger partial charge is 0.466 e. The molecule has 0 saturated carbocycles. The molecule has 0 N–H and O–H groups in total. The number of fused-ring (bicyclic) bond motifs is 1. The average Bonchev–Trinajstić information content (AvgIpc) is 2.80. The fourth-order valence-corrected chi connectivity index (χ4v) is 2.99. The quantitative estimate of drug-likeness (QED) is 0.466. The summed E-state index contributed by atoms with van der Waals surface area (Å²) >= 11 is 0. The summed E-state index contributed by atoms with van der Waals surface area (Å²) < 4.78 is 10.5. The van der Waals surface area contributed by atoms with Crippen molar-refractivity contribution in [3.05, 3.63) is 47.5 Å². The minimum atomic E-state index is -1.58. The van der Waals surface area contributed by atoms with E-state index in [0.29, 0.717) is 5.56 Å². The van der Waals surface area contributed by atoms with Crippen molar-refractivity contribution >= 4 is 17.7 Å². The molecule has 25 heavy (non-hydrogen) atoms. The van der Waals surface area contributed by atoms with E-state index < -0.39 is 23.0 Å². The van der Waals surface area contributed by atoms with Gasteiger partial charge in [0, 0.05) is 12.0 Å². The lowest BCUT2D eigenvalue weighted by atomic mass is 9.75. The fraction of sp³-hybridized carbons (Fsp3) is 0.450. The molecule has 1 aliphatic rings. The number of carbonyl (C=O) groups is 3. The van der Waals surface area contributed by atoms with Gasteiger partial charge in [0.05, 0.1) is 13.0 Å². The highest BCUT2D eigenvalue weighted by Crippen LogP contribution is 2.45. The van der Waals surface area contributed by atoms with Crippen molar-refractivity contribution in [2.75, 3.05) is 6.61 Å². The summed E-state index contributed by atoms with van der Waals surface area (Å²) in [5.41, 5.74) is -0.907. The Morgan fingerprint density at radius 2 is 1.88 bits per heavy atom. The maximum absolute atomic E-state index is 13.1. The number of ether oxygens (including phenoxy) is 2. The van der Waals surface area contributed by atoms with E-state index in [1.165, 1.54) is 0 Å². The first-order valence-electron chi connectivity index (χ1n) is 8.32. The van der Waals surface area contributed by atoms with Crippen molar-refractivity contribution in [1.82, 2.24) is 0 Å². The topological polar surface area (TPSA) is 69.7 Å². The van der Waals surface area contributed by atoms with E-state index in [9.17, 15) is 14.4 Å². The standard InChI is InChI=1S/C20H24O5/c1-6-24-16(21)11-13(2)20(18(23)25-19(3,4)5)12-14-9-7-8-10-15(14)17(20)22/h7-10H,2,6,11-12H2,1,3-5H3/t20-/m0/s1. The molecule has 5 nitrogen and oxygen atoms in total. The molecule has 1 aromatic rings. The minimum absolute atomic E-state index is 0.148. The molecule has 0 bridgehead atoms. The molecular weight excluding hydrogens is 320 g/mol. The smallest absolute Gasteiger partial charge is 0.325 e. The highest BCUT2D eigenvalue weighted by molar-refractivity contribution is 6.18. The molecule has 5 heteroatoms. The Bertz CT molecular complexity index is 726. The third-order valence-corrected chi connectivity index (χ3v) is 4.12. The number of ketones is 1. The maximum Gasteiger partial charge on any atom is 0.325 e. The summed E-state index contributed by atoms with van der Waals surface area (Å²) in [6, 6.07) is 7.04. The molecular formula is C20H24O5. The summed E-state index contributed by atoms with van der Waals surface area (Å²) in [4.78, 5) is 38.0. The number of esters is 2. The van der Waals surface area contributed by atoms with E-state index in [4.69, 9.17) is 9.47 Å². The van der Waals surface area contributed by atoms with Crippen molar-refractivity contribution in [3.8, 4) is 0 Å². The van der Waals surface area contributed by atoms with E-state index in [0.717, 1.165) is 5.56 Å². The zero-order valence-corrected chi connectivity index (χ0v) is 15.2. The van der Waals surface area contributed by atoms with Crippen molar-refractivity contribution in [1.29, 1.82) is 0 Å². The van der Waals surface area contributed by atoms with E-state index >= 15 is 0 Å². The third kappa shape index (κ3) is 3.65. The van der Waals surface area contributed by atoms with Gasteiger partial charge in [-0.25, -0.2) is 0 Å². The molecule has 0 aromatic heterocycles. The molecule has 1 aromatic carbocycles. The van der Waals surface area contributed by atoms with Crippen LogP contribution in [-0.2, 0) is 25.5 Å². The highest BCUT2D eigenvalue weighted by Gasteiger charge is 2.55. The monoisotopic (exact) mass is 344 g/mol. The molecule has 1 aliphatic carbocycles. The van der Waals surface area contributed by atoms with Crippen LogP contribution >= 0.6 is 0 Å². The van der Waals surface area contributed by atoms with E-state index in [1.54, 1.807) is 45.9 Å². The SMILES string of the molecule is C=C(CC(=O)OCC)[C@@]1(C(=O)OC(C)(C)C)Cc2ccccc2C1=O. The number of benzene rings is 1. The van der Waals surface area contributed by atoms with Crippen LogP contribution in [0.25, 0.3) is 0 Å². The Morgan fingerprint density at radius 3 is 2.44 bits per heavy atom. The normalized spacial score (nSPS) is 19.3.